The molecular weight excluding hydrogens is 240 g/mol. The van der Waals surface area contributed by atoms with Crippen molar-refractivity contribution in [3.63, 3.8) is 0 Å². The first-order valence-electron chi connectivity index (χ1n) is 6.65. The van der Waals surface area contributed by atoms with Crippen LogP contribution in [0.1, 0.15) is 36.5 Å². The first kappa shape index (κ1) is 13.9. The Labute approximate surface area is 114 Å². The van der Waals surface area contributed by atoms with Gasteiger partial charge in [-0.1, -0.05) is 6.92 Å². The Bertz CT molecular complexity index is 490. The summed E-state index contributed by atoms with van der Waals surface area (Å²) in [6.45, 7) is 4.86. The van der Waals surface area contributed by atoms with Gasteiger partial charge < -0.3 is 14.6 Å². The number of furan rings is 2. The van der Waals surface area contributed by atoms with Crippen LogP contribution < -0.4 is 5.73 Å². The van der Waals surface area contributed by atoms with Crippen molar-refractivity contribution in [3.05, 3.63) is 47.8 Å². The zero-order valence-electron chi connectivity index (χ0n) is 11.8. The molecule has 0 bridgehead atoms. The van der Waals surface area contributed by atoms with Crippen LogP contribution in [0.25, 0.3) is 0 Å². The number of rotatable bonds is 6. The molecule has 0 aliphatic heterocycles. The molecule has 0 aromatic carbocycles. The molecule has 0 radical (unpaired) electrons. The van der Waals surface area contributed by atoms with Gasteiger partial charge in [0.25, 0.3) is 0 Å². The maximum atomic E-state index is 6.25. The molecule has 2 heterocycles. The number of nitrogens with zero attached hydrogens (tertiary/aromatic N) is 1. The zero-order chi connectivity index (χ0) is 13.8. The van der Waals surface area contributed by atoms with E-state index in [1.54, 1.807) is 12.5 Å². The fourth-order valence-electron chi connectivity index (χ4n) is 2.38. The highest BCUT2D eigenvalue weighted by Gasteiger charge is 2.26. The highest BCUT2D eigenvalue weighted by atomic mass is 16.3. The third-order valence-corrected chi connectivity index (χ3v) is 3.57. The van der Waals surface area contributed by atoms with Crippen molar-refractivity contribution in [1.29, 1.82) is 0 Å². The maximum absolute atomic E-state index is 6.25. The molecule has 4 heteroatoms. The van der Waals surface area contributed by atoms with Crippen molar-refractivity contribution in [2.75, 3.05) is 7.05 Å². The lowest BCUT2D eigenvalue weighted by molar-refractivity contribution is 0.175. The number of hydrogen-bond donors (Lipinski definition) is 1. The van der Waals surface area contributed by atoms with E-state index < -0.39 is 0 Å². The molecule has 2 aromatic heterocycles. The van der Waals surface area contributed by atoms with Gasteiger partial charge in [0.05, 0.1) is 18.6 Å². The lowest BCUT2D eigenvalue weighted by Gasteiger charge is -2.30. The van der Waals surface area contributed by atoms with E-state index in [9.17, 15) is 0 Å². The first-order chi connectivity index (χ1) is 9.13. The van der Waals surface area contributed by atoms with E-state index in [0.29, 0.717) is 0 Å². The smallest absolute Gasteiger partial charge is 0.122 e. The molecule has 0 saturated heterocycles. The summed E-state index contributed by atoms with van der Waals surface area (Å²) in [7, 11) is 2.06. The van der Waals surface area contributed by atoms with Gasteiger partial charge in [0.2, 0.25) is 0 Å². The molecule has 0 saturated carbocycles. The quantitative estimate of drug-likeness (QED) is 0.869. The molecule has 0 amide bonds. The lowest BCUT2D eigenvalue weighted by Crippen LogP contribution is -2.38. The van der Waals surface area contributed by atoms with Crippen LogP contribution >= 0.6 is 0 Å². The fraction of sp³-hybridized carbons (Fsp3) is 0.467. The minimum atomic E-state index is 0.0448. The van der Waals surface area contributed by atoms with Gasteiger partial charge in [0.1, 0.15) is 11.5 Å². The second-order valence-corrected chi connectivity index (χ2v) is 4.95. The second kappa shape index (κ2) is 6.08. The highest BCUT2D eigenvalue weighted by molar-refractivity contribution is 5.16. The third-order valence-electron chi connectivity index (χ3n) is 3.57. The predicted molar refractivity (Wildman–Crippen MR) is 74.6 cm³/mol. The molecule has 2 unspecified atom stereocenters. The summed E-state index contributed by atoms with van der Waals surface area (Å²) in [5.74, 6) is 1.87. The molecule has 2 N–H and O–H groups in total. The summed E-state index contributed by atoms with van der Waals surface area (Å²) in [6.07, 6.45) is 4.32. The van der Waals surface area contributed by atoms with Gasteiger partial charge in [-0.15, -0.1) is 0 Å². The molecule has 2 aromatic rings. The van der Waals surface area contributed by atoms with Crippen LogP contribution in [-0.2, 0) is 6.54 Å². The van der Waals surface area contributed by atoms with Crippen LogP contribution in [0.5, 0.6) is 0 Å². The molecule has 0 spiro atoms. The van der Waals surface area contributed by atoms with Gasteiger partial charge in [-0.2, -0.15) is 0 Å². The van der Waals surface area contributed by atoms with Crippen LogP contribution in [0, 0.1) is 6.92 Å². The Morgan fingerprint density at radius 1 is 1.26 bits per heavy atom. The van der Waals surface area contributed by atoms with E-state index in [1.165, 1.54) is 5.56 Å². The average molecular weight is 262 g/mol. The van der Waals surface area contributed by atoms with Crippen molar-refractivity contribution in [2.24, 2.45) is 5.73 Å². The van der Waals surface area contributed by atoms with Gasteiger partial charge in [-0.05, 0) is 38.6 Å². The molecule has 4 nitrogen and oxygen atoms in total. The molecular formula is C15H22N2O2. The van der Waals surface area contributed by atoms with Crippen LogP contribution in [0.15, 0.2) is 39.6 Å². The molecule has 2 atom stereocenters. The summed E-state index contributed by atoms with van der Waals surface area (Å²) in [6, 6.07) is 6.01. The van der Waals surface area contributed by atoms with Crippen LogP contribution in [0.3, 0.4) is 0 Å². The summed E-state index contributed by atoms with van der Waals surface area (Å²) in [4.78, 5) is 2.21. The summed E-state index contributed by atoms with van der Waals surface area (Å²) < 4.78 is 10.9. The SMILES string of the molecule is CCC(N)C(c1ccco1)N(C)Cc1ccoc1C. The number of nitrogens with two attached hydrogens (primary N) is 1. The Morgan fingerprint density at radius 3 is 2.58 bits per heavy atom. The Hall–Kier alpha value is -1.52. The van der Waals surface area contributed by atoms with E-state index >= 15 is 0 Å². The van der Waals surface area contributed by atoms with Crippen molar-refractivity contribution in [1.82, 2.24) is 4.90 Å². The summed E-state index contributed by atoms with van der Waals surface area (Å²) in [5, 5.41) is 0. The molecule has 104 valence electrons. The van der Waals surface area contributed by atoms with Gasteiger partial charge in [-0.3, -0.25) is 4.90 Å². The van der Waals surface area contributed by atoms with Gasteiger partial charge in [-0.25, -0.2) is 0 Å². The van der Waals surface area contributed by atoms with Crippen molar-refractivity contribution in [3.8, 4) is 0 Å². The Morgan fingerprint density at radius 2 is 2.05 bits per heavy atom. The molecule has 19 heavy (non-hydrogen) atoms. The largest absolute Gasteiger partial charge is 0.469 e. The fourth-order valence-corrected chi connectivity index (χ4v) is 2.38. The molecule has 0 fully saturated rings. The van der Waals surface area contributed by atoms with Crippen molar-refractivity contribution in [2.45, 2.75) is 38.9 Å². The molecule has 0 aliphatic carbocycles. The topological polar surface area (TPSA) is 55.5 Å². The Kier molecular flexibility index (Phi) is 4.45. The van der Waals surface area contributed by atoms with Crippen LogP contribution in [0.2, 0.25) is 0 Å². The lowest BCUT2D eigenvalue weighted by atomic mass is 10.0. The average Bonchev–Trinajstić information content (AvgIpc) is 3.03. The van der Waals surface area contributed by atoms with Crippen molar-refractivity contribution >= 4 is 0 Å². The summed E-state index contributed by atoms with van der Waals surface area (Å²) >= 11 is 0. The highest BCUT2D eigenvalue weighted by Crippen LogP contribution is 2.26. The standard InChI is InChI=1S/C15H22N2O2/c1-4-13(16)15(14-6-5-8-19-14)17(3)10-12-7-9-18-11(12)2/h5-9,13,15H,4,10,16H2,1-3H3. The monoisotopic (exact) mass is 262 g/mol. The molecule has 0 aliphatic rings. The van der Waals surface area contributed by atoms with Crippen LogP contribution in [-0.4, -0.2) is 18.0 Å². The normalized spacial score (nSPS) is 14.8. The third kappa shape index (κ3) is 3.08. The zero-order valence-corrected chi connectivity index (χ0v) is 11.8. The summed E-state index contributed by atoms with van der Waals surface area (Å²) in [5.41, 5.74) is 7.43. The number of likely N-dealkylation sites (N-methyl/N-ethyl adjacent to an activating group) is 1. The number of aryl methyl sites for hydroxylation is 1. The number of hydrogen-bond acceptors (Lipinski definition) is 4. The first-order valence-corrected chi connectivity index (χ1v) is 6.65. The molecule has 2 rings (SSSR count). The maximum Gasteiger partial charge on any atom is 0.122 e. The van der Waals surface area contributed by atoms with Gasteiger partial charge in [0, 0.05) is 18.2 Å². The van der Waals surface area contributed by atoms with Crippen LogP contribution in [0.4, 0.5) is 0 Å². The minimum Gasteiger partial charge on any atom is -0.469 e. The second-order valence-electron chi connectivity index (χ2n) is 4.95. The van der Waals surface area contributed by atoms with E-state index in [0.717, 1.165) is 24.5 Å². The minimum absolute atomic E-state index is 0.0448. The van der Waals surface area contributed by atoms with Gasteiger partial charge in [0.15, 0.2) is 0 Å². The van der Waals surface area contributed by atoms with Gasteiger partial charge >= 0.3 is 0 Å². The Balaban J connectivity index is 2.17. The van der Waals surface area contributed by atoms with E-state index in [1.807, 2.05) is 25.1 Å². The van der Waals surface area contributed by atoms with E-state index in [4.69, 9.17) is 14.6 Å². The van der Waals surface area contributed by atoms with E-state index in [2.05, 4.69) is 18.9 Å². The predicted octanol–water partition coefficient (Wildman–Crippen LogP) is 3.09. The van der Waals surface area contributed by atoms with E-state index in [-0.39, 0.29) is 12.1 Å². The van der Waals surface area contributed by atoms with Crippen molar-refractivity contribution < 1.29 is 8.83 Å².